The number of hydrogen-bond donors (Lipinski definition) is 2. The van der Waals surface area contributed by atoms with Crippen molar-refractivity contribution in [1.29, 1.82) is 0 Å². The first-order chi connectivity index (χ1) is 21.5. The molecule has 0 saturated carbocycles. The molecule has 2 aromatic rings. The SMILES string of the molecule is Nc1ccc(COC(=O)OCCCCCCCCC/C=C/CCCCCCCCCOC(=O)OCc2ccc(N)cc2)cc1. The standard InChI is InChI=1S/C36H54N2O6/c37-33-23-19-31(20-24-33)29-43-35(39)41-27-17-15-13-11-9-7-5-3-1-2-4-6-8-10-12-14-16-18-28-42-36(40)44-30-32-21-25-34(38)26-22-32/h1-2,19-26H,3-18,27-30,37-38H2/b2-1+. The summed E-state index contributed by atoms with van der Waals surface area (Å²) in [6.07, 6.45) is 22.1. The van der Waals surface area contributed by atoms with Crippen LogP contribution in [-0.4, -0.2) is 25.5 Å². The zero-order valence-corrected chi connectivity index (χ0v) is 26.5. The lowest BCUT2D eigenvalue weighted by molar-refractivity contribution is 0.0479. The molecule has 2 aromatic carbocycles. The van der Waals surface area contributed by atoms with Crippen LogP contribution in [0.4, 0.5) is 21.0 Å². The topological polar surface area (TPSA) is 123 Å². The molecule has 0 aliphatic carbocycles. The lowest BCUT2D eigenvalue weighted by Gasteiger charge is -2.07. The van der Waals surface area contributed by atoms with Crippen molar-refractivity contribution in [3.63, 3.8) is 0 Å². The Morgan fingerprint density at radius 1 is 0.455 bits per heavy atom. The molecule has 0 fully saturated rings. The van der Waals surface area contributed by atoms with Gasteiger partial charge in [0.15, 0.2) is 0 Å². The summed E-state index contributed by atoms with van der Waals surface area (Å²) in [6, 6.07) is 14.5. The minimum Gasteiger partial charge on any atom is -0.434 e. The fraction of sp³-hybridized carbons (Fsp3) is 0.556. The third-order valence-corrected chi connectivity index (χ3v) is 7.31. The van der Waals surface area contributed by atoms with Gasteiger partial charge in [0, 0.05) is 11.4 Å². The molecule has 244 valence electrons. The Morgan fingerprint density at radius 3 is 1.14 bits per heavy atom. The molecular formula is C36H54N2O6. The van der Waals surface area contributed by atoms with E-state index in [2.05, 4.69) is 12.2 Å². The number of carbonyl (C=O) groups is 2. The first-order valence-electron chi connectivity index (χ1n) is 16.5. The largest absolute Gasteiger partial charge is 0.508 e. The molecule has 0 spiro atoms. The summed E-state index contributed by atoms with van der Waals surface area (Å²) in [4.78, 5) is 23.3. The smallest absolute Gasteiger partial charge is 0.434 e. The first kappa shape index (κ1) is 36.5. The average molecular weight is 611 g/mol. The van der Waals surface area contributed by atoms with E-state index < -0.39 is 12.3 Å². The highest BCUT2D eigenvalue weighted by molar-refractivity contribution is 5.60. The van der Waals surface area contributed by atoms with E-state index in [1.54, 1.807) is 24.3 Å². The van der Waals surface area contributed by atoms with Crippen LogP contribution in [0.2, 0.25) is 0 Å². The zero-order valence-electron chi connectivity index (χ0n) is 26.5. The van der Waals surface area contributed by atoms with Gasteiger partial charge in [0.2, 0.25) is 0 Å². The van der Waals surface area contributed by atoms with Gasteiger partial charge in [-0.1, -0.05) is 101 Å². The molecule has 0 atom stereocenters. The van der Waals surface area contributed by atoms with Crippen LogP contribution < -0.4 is 11.5 Å². The second kappa shape index (κ2) is 24.7. The van der Waals surface area contributed by atoms with Gasteiger partial charge < -0.3 is 30.4 Å². The number of hydrogen-bond acceptors (Lipinski definition) is 8. The number of ether oxygens (including phenoxy) is 4. The molecule has 0 amide bonds. The van der Waals surface area contributed by atoms with Gasteiger partial charge in [-0.15, -0.1) is 0 Å². The molecule has 0 heterocycles. The Labute approximate surface area is 264 Å². The predicted octanol–water partition coefficient (Wildman–Crippen LogP) is 9.66. The maximum atomic E-state index is 11.7. The van der Waals surface area contributed by atoms with Crippen LogP contribution in [0.5, 0.6) is 0 Å². The van der Waals surface area contributed by atoms with E-state index >= 15 is 0 Å². The van der Waals surface area contributed by atoms with E-state index in [9.17, 15) is 9.59 Å². The lowest BCUT2D eigenvalue weighted by atomic mass is 10.1. The van der Waals surface area contributed by atoms with Crippen LogP contribution in [0.3, 0.4) is 0 Å². The molecule has 4 N–H and O–H groups in total. The number of nitrogen functional groups attached to an aromatic ring is 2. The summed E-state index contributed by atoms with van der Waals surface area (Å²) >= 11 is 0. The number of benzene rings is 2. The van der Waals surface area contributed by atoms with Gasteiger partial charge in [-0.3, -0.25) is 0 Å². The fourth-order valence-corrected chi connectivity index (χ4v) is 4.64. The summed E-state index contributed by atoms with van der Waals surface area (Å²) in [5.41, 5.74) is 14.4. The maximum Gasteiger partial charge on any atom is 0.508 e. The maximum absolute atomic E-state index is 11.7. The number of rotatable bonds is 24. The highest BCUT2D eigenvalue weighted by atomic mass is 16.7. The van der Waals surface area contributed by atoms with Crippen LogP contribution in [0.15, 0.2) is 60.7 Å². The Hall–Kier alpha value is -3.68. The Balaban J connectivity index is 1.24. The second-order valence-electron chi connectivity index (χ2n) is 11.3. The lowest BCUT2D eigenvalue weighted by Crippen LogP contribution is -2.08. The summed E-state index contributed by atoms with van der Waals surface area (Å²) in [5.74, 6) is 0. The van der Waals surface area contributed by atoms with E-state index in [1.807, 2.05) is 24.3 Å². The molecule has 44 heavy (non-hydrogen) atoms. The molecule has 8 nitrogen and oxygen atoms in total. The van der Waals surface area contributed by atoms with Gasteiger partial charge in [0.05, 0.1) is 13.2 Å². The molecule has 0 aliphatic rings. The molecule has 8 heteroatoms. The van der Waals surface area contributed by atoms with Crippen molar-refractivity contribution in [2.45, 2.75) is 116 Å². The van der Waals surface area contributed by atoms with Crippen LogP contribution in [0.25, 0.3) is 0 Å². The van der Waals surface area contributed by atoms with Gasteiger partial charge in [0.25, 0.3) is 0 Å². The van der Waals surface area contributed by atoms with E-state index in [0.29, 0.717) is 24.6 Å². The number of anilines is 2. The van der Waals surface area contributed by atoms with E-state index in [4.69, 9.17) is 30.4 Å². The third kappa shape index (κ3) is 20.3. The minimum absolute atomic E-state index is 0.198. The molecule has 0 saturated heterocycles. The molecular weight excluding hydrogens is 556 g/mol. The molecule has 2 rings (SSSR count). The highest BCUT2D eigenvalue weighted by Crippen LogP contribution is 2.12. The van der Waals surface area contributed by atoms with Crippen molar-refractivity contribution in [2.75, 3.05) is 24.7 Å². The van der Waals surface area contributed by atoms with Crippen molar-refractivity contribution in [3.8, 4) is 0 Å². The summed E-state index contributed by atoms with van der Waals surface area (Å²) < 4.78 is 20.5. The number of carbonyl (C=O) groups excluding carboxylic acids is 2. The Kier molecular flexibility index (Phi) is 20.5. The Bertz CT molecular complexity index is 956. The van der Waals surface area contributed by atoms with Gasteiger partial charge in [-0.2, -0.15) is 0 Å². The van der Waals surface area contributed by atoms with Gasteiger partial charge in [0.1, 0.15) is 13.2 Å². The summed E-state index contributed by atoms with van der Waals surface area (Å²) in [7, 11) is 0. The predicted molar refractivity (Wildman–Crippen MR) is 177 cm³/mol. The number of unbranched alkanes of at least 4 members (excludes halogenated alkanes) is 14. The van der Waals surface area contributed by atoms with Crippen molar-refractivity contribution in [3.05, 3.63) is 71.8 Å². The minimum atomic E-state index is -0.613. The van der Waals surface area contributed by atoms with Gasteiger partial charge in [-0.05, 0) is 73.9 Å². The van der Waals surface area contributed by atoms with E-state index in [-0.39, 0.29) is 13.2 Å². The quantitative estimate of drug-likeness (QED) is 0.0521. The van der Waals surface area contributed by atoms with Gasteiger partial charge >= 0.3 is 12.3 Å². The molecule has 0 unspecified atom stereocenters. The van der Waals surface area contributed by atoms with Crippen LogP contribution in [-0.2, 0) is 32.2 Å². The monoisotopic (exact) mass is 610 g/mol. The molecule has 0 aliphatic heterocycles. The van der Waals surface area contributed by atoms with Crippen LogP contribution in [0, 0.1) is 0 Å². The van der Waals surface area contributed by atoms with E-state index in [1.165, 1.54) is 77.0 Å². The average Bonchev–Trinajstić information content (AvgIpc) is 3.03. The second-order valence-corrected chi connectivity index (χ2v) is 11.3. The van der Waals surface area contributed by atoms with Gasteiger partial charge in [-0.25, -0.2) is 9.59 Å². The van der Waals surface area contributed by atoms with Crippen molar-refractivity contribution in [1.82, 2.24) is 0 Å². The first-order valence-corrected chi connectivity index (χ1v) is 16.5. The normalized spacial score (nSPS) is 11.0. The zero-order chi connectivity index (χ0) is 31.5. The van der Waals surface area contributed by atoms with E-state index in [0.717, 1.165) is 36.8 Å². The molecule has 0 aromatic heterocycles. The number of nitrogens with two attached hydrogens (primary N) is 2. The van der Waals surface area contributed by atoms with Crippen LogP contribution in [0.1, 0.15) is 114 Å². The third-order valence-electron chi connectivity index (χ3n) is 7.31. The fourth-order valence-electron chi connectivity index (χ4n) is 4.64. The van der Waals surface area contributed by atoms with Crippen molar-refractivity contribution < 1.29 is 28.5 Å². The summed E-state index contributed by atoms with van der Waals surface area (Å²) in [5, 5.41) is 0. The Morgan fingerprint density at radius 2 is 0.773 bits per heavy atom. The highest BCUT2D eigenvalue weighted by Gasteiger charge is 2.05. The van der Waals surface area contributed by atoms with Crippen molar-refractivity contribution >= 4 is 23.7 Å². The van der Waals surface area contributed by atoms with Crippen LogP contribution >= 0.6 is 0 Å². The molecule has 0 bridgehead atoms. The van der Waals surface area contributed by atoms with Crippen molar-refractivity contribution in [2.24, 2.45) is 0 Å². The number of allylic oxidation sites excluding steroid dienone is 2. The molecule has 0 radical (unpaired) electrons. The summed E-state index contributed by atoms with van der Waals surface area (Å²) in [6.45, 7) is 1.22.